The van der Waals surface area contributed by atoms with Crippen molar-refractivity contribution in [1.29, 1.82) is 0 Å². The van der Waals surface area contributed by atoms with Gasteiger partial charge in [0.1, 0.15) is 23.4 Å². The summed E-state index contributed by atoms with van der Waals surface area (Å²) in [5, 5.41) is 0. The summed E-state index contributed by atoms with van der Waals surface area (Å²) in [7, 11) is 0. The van der Waals surface area contributed by atoms with Crippen LogP contribution in [0.15, 0.2) is 35.5 Å². The van der Waals surface area contributed by atoms with Crippen LogP contribution in [0.4, 0.5) is 0 Å². The summed E-state index contributed by atoms with van der Waals surface area (Å²) in [6, 6.07) is 0. The van der Waals surface area contributed by atoms with Gasteiger partial charge in [-0.3, -0.25) is 28.8 Å². The Morgan fingerprint density at radius 1 is 0.913 bits per heavy atom. The summed E-state index contributed by atoms with van der Waals surface area (Å²) >= 11 is 0. The van der Waals surface area contributed by atoms with Gasteiger partial charge in [-0.1, -0.05) is 12.7 Å². The maximum Gasteiger partial charge on any atom is 0.181 e. The van der Waals surface area contributed by atoms with E-state index in [1.165, 1.54) is 6.08 Å². The molecule has 2 rings (SSSR count). The van der Waals surface area contributed by atoms with E-state index in [0.29, 0.717) is 0 Å². The second kappa shape index (κ2) is 5.79. The molecule has 0 radical (unpaired) electrons. The standard InChI is InChI=1S/C17H14O6/c1-7-6-11-10(16(22)14(9(3)19)17(11)23)4-5-12(20)13(8(2)18)15(7)21/h4,6,13-14H,1,5H2,2-3H3/b10-4+,11-6+. The first kappa shape index (κ1) is 16.6. The Morgan fingerprint density at radius 3 is 1.96 bits per heavy atom. The van der Waals surface area contributed by atoms with Gasteiger partial charge in [-0.2, -0.15) is 0 Å². The Labute approximate surface area is 131 Å². The van der Waals surface area contributed by atoms with E-state index in [9.17, 15) is 28.8 Å². The molecule has 2 aliphatic carbocycles. The van der Waals surface area contributed by atoms with Gasteiger partial charge in [-0.15, -0.1) is 0 Å². The molecule has 0 spiro atoms. The second-order valence-electron chi connectivity index (χ2n) is 5.55. The van der Waals surface area contributed by atoms with Gasteiger partial charge in [0.2, 0.25) is 0 Å². The topological polar surface area (TPSA) is 102 Å². The van der Waals surface area contributed by atoms with E-state index in [4.69, 9.17) is 0 Å². The predicted octanol–water partition coefficient (Wildman–Crippen LogP) is 0.500. The molecule has 2 aliphatic rings. The van der Waals surface area contributed by atoms with Crippen LogP contribution in [-0.4, -0.2) is 34.7 Å². The molecule has 0 amide bonds. The van der Waals surface area contributed by atoms with Crippen molar-refractivity contribution in [2.75, 3.05) is 0 Å². The Morgan fingerprint density at radius 2 is 1.43 bits per heavy atom. The summed E-state index contributed by atoms with van der Waals surface area (Å²) in [6.07, 6.45) is 1.95. The fraction of sp³-hybridized carbons (Fsp3) is 0.294. The zero-order valence-corrected chi connectivity index (χ0v) is 12.7. The van der Waals surface area contributed by atoms with Crippen LogP contribution in [0.25, 0.3) is 0 Å². The maximum atomic E-state index is 12.3. The third kappa shape index (κ3) is 2.67. The molecule has 0 aromatic carbocycles. The first-order valence-electron chi connectivity index (χ1n) is 6.94. The van der Waals surface area contributed by atoms with Crippen molar-refractivity contribution in [2.24, 2.45) is 11.8 Å². The number of hydrogen-bond acceptors (Lipinski definition) is 6. The highest BCUT2D eigenvalue weighted by Crippen LogP contribution is 2.32. The second-order valence-corrected chi connectivity index (χ2v) is 5.55. The van der Waals surface area contributed by atoms with Gasteiger partial charge in [0.05, 0.1) is 0 Å². The molecule has 0 N–H and O–H groups in total. The molecular formula is C17H14O6. The number of ketones is 6. The van der Waals surface area contributed by atoms with Crippen molar-refractivity contribution < 1.29 is 28.8 Å². The third-order valence-electron chi connectivity index (χ3n) is 3.89. The molecule has 118 valence electrons. The molecule has 0 aliphatic heterocycles. The number of carbonyl (C=O) groups is 6. The van der Waals surface area contributed by atoms with Crippen LogP contribution in [-0.2, 0) is 28.8 Å². The lowest BCUT2D eigenvalue weighted by Gasteiger charge is -2.10. The zero-order chi connectivity index (χ0) is 17.5. The molecule has 6 heteroatoms. The van der Waals surface area contributed by atoms with Crippen molar-refractivity contribution in [1.82, 2.24) is 0 Å². The summed E-state index contributed by atoms with van der Waals surface area (Å²) in [6.45, 7) is 5.74. The van der Waals surface area contributed by atoms with Crippen LogP contribution < -0.4 is 0 Å². The minimum absolute atomic E-state index is 0.0679. The molecule has 23 heavy (non-hydrogen) atoms. The molecule has 2 atom stereocenters. The Balaban J connectivity index is 2.61. The number of Topliss-reactive ketones (excluding diaryl/α,β-unsaturated/α-hetero) is 6. The van der Waals surface area contributed by atoms with Gasteiger partial charge >= 0.3 is 0 Å². The molecule has 0 bridgehead atoms. The molecule has 2 unspecified atom stereocenters. The van der Waals surface area contributed by atoms with E-state index >= 15 is 0 Å². The van der Waals surface area contributed by atoms with Crippen LogP contribution >= 0.6 is 0 Å². The summed E-state index contributed by atoms with van der Waals surface area (Å²) in [4.78, 5) is 71.9. The van der Waals surface area contributed by atoms with Gasteiger partial charge in [-0.25, -0.2) is 0 Å². The highest BCUT2D eigenvalue weighted by atomic mass is 16.2. The van der Waals surface area contributed by atoms with Crippen LogP contribution in [0.3, 0.4) is 0 Å². The summed E-state index contributed by atoms with van der Waals surface area (Å²) in [5.74, 6) is -7.01. The van der Waals surface area contributed by atoms with E-state index in [0.717, 1.165) is 19.9 Å². The average Bonchev–Trinajstić information content (AvgIpc) is 2.68. The number of hydrogen-bond donors (Lipinski definition) is 0. The molecule has 1 fully saturated rings. The molecule has 1 saturated carbocycles. The average molecular weight is 314 g/mol. The first-order valence-corrected chi connectivity index (χ1v) is 6.94. The normalized spacial score (nSPS) is 29.7. The van der Waals surface area contributed by atoms with Crippen molar-refractivity contribution >= 4 is 34.7 Å². The summed E-state index contributed by atoms with van der Waals surface area (Å²) in [5.41, 5.74) is -0.390. The minimum atomic E-state index is -1.48. The van der Waals surface area contributed by atoms with E-state index in [-0.39, 0.29) is 23.1 Å². The van der Waals surface area contributed by atoms with Crippen molar-refractivity contribution in [2.45, 2.75) is 20.3 Å². The number of rotatable bonds is 2. The minimum Gasteiger partial charge on any atom is -0.299 e. The van der Waals surface area contributed by atoms with Gasteiger partial charge in [0, 0.05) is 23.1 Å². The van der Waals surface area contributed by atoms with Crippen LogP contribution in [0.5, 0.6) is 0 Å². The highest BCUT2D eigenvalue weighted by Gasteiger charge is 2.45. The van der Waals surface area contributed by atoms with E-state index in [1.54, 1.807) is 0 Å². The lowest BCUT2D eigenvalue weighted by Crippen LogP contribution is -2.30. The van der Waals surface area contributed by atoms with E-state index in [1.807, 2.05) is 0 Å². The number of allylic oxidation sites excluding steroid dienone is 5. The number of fused-ring (bicyclic) bond motifs is 1. The van der Waals surface area contributed by atoms with Gasteiger partial charge in [0.25, 0.3) is 0 Å². The molecule has 0 heterocycles. The van der Waals surface area contributed by atoms with Crippen LogP contribution in [0, 0.1) is 11.8 Å². The smallest absolute Gasteiger partial charge is 0.181 e. The van der Waals surface area contributed by atoms with Gasteiger partial charge < -0.3 is 0 Å². The zero-order valence-electron chi connectivity index (χ0n) is 12.7. The largest absolute Gasteiger partial charge is 0.299 e. The highest BCUT2D eigenvalue weighted by molar-refractivity contribution is 6.38. The first-order chi connectivity index (χ1) is 10.7. The summed E-state index contributed by atoms with van der Waals surface area (Å²) < 4.78 is 0. The maximum absolute atomic E-state index is 12.3. The molecule has 6 nitrogen and oxygen atoms in total. The third-order valence-corrected chi connectivity index (χ3v) is 3.89. The van der Waals surface area contributed by atoms with Crippen molar-refractivity contribution in [3.8, 4) is 0 Å². The van der Waals surface area contributed by atoms with Gasteiger partial charge in [-0.05, 0) is 19.9 Å². The lowest BCUT2D eigenvalue weighted by molar-refractivity contribution is -0.138. The quantitative estimate of drug-likeness (QED) is 0.543. The molecule has 0 saturated heterocycles. The molecule has 0 aromatic rings. The Bertz CT molecular complexity index is 762. The monoisotopic (exact) mass is 314 g/mol. The SMILES string of the molecule is C=C1/C=C2/C(=O)C(C(C)=O)C(=O)/C2=C/CC(=O)C(C(C)=O)C1=O. The van der Waals surface area contributed by atoms with Crippen LogP contribution in [0.2, 0.25) is 0 Å². The molecule has 0 aromatic heterocycles. The van der Waals surface area contributed by atoms with Crippen molar-refractivity contribution in [3.05, 3.63) is 35.5 Å². The predicted molar refractivity (Wildman–Crippen MR) is 78.3 cm³/mol. The molecular weight excluding hydrogens is 300 g/mol. The van der Waals surface area contributed by atoms with Gasteiger partial charge in [0.15, 0.2) is 23.1 Å². The lowest BCUT2D eigenvalue weighted by atomic mass is 9.89. The van der Waals surface area contributed by atoms with Crippen molar-refractivity contribution in [3.63, 3.8) is 0 Å². The Kier molecular flexibility index (Phi) is 4.18. The van der Waals surface area contributed by atoms with E-state index < -0.39 is 46.5 Å². The fourth-order valence-electron chi connectivity index (χ4n) is 2.73. The van der Waals surface area contributed by atoms with E-state index in [2.05, 4.69) is 6.58 Å². The number of carbonyl (C=O) groups excluding carboxylic acids is 6. The fourth-order valence-corrected chi connectivity index (χ4v) is 2.73. The Hall–Kier alpha value is -2.76. The van der Waals surface area contributed by atoms with Crippen LogP contribution in [0.1, 0.15) is 20.3 Å².